The zero-order valence-corrected chi connectivity index (χ0v) is 10.7. The number of carbonyl (C=O) groups is 1. The van der Waals surface area contributed by atoms with Gasteiger partial charge in [-0.25, -0.2) is 4.98 Å². The van der Waals surface area contributed by atoms with Gasteiger partial charge < -0.3 is 4.90 Å². The largest absolute Gasteiger partial charge is 0.348 e. The van der Waals surface area contributed by atoms with Gasteiger partial charge in [0.2, 0.25) is 0 Å². The van der Waals surface area contributed by atoms with Gasteiger partial charge in [-0.3, -0.25) is 4.79 Å². The Balaban J connectivity index is 2.07. The molecule has 0 atom stereocenters. The third kappa shape index (κ3) is 2.61. The van der Waals surface area contributed by atoms with Crippen LogP contribution >= 0.6 is 11.3 Å². The van der Waals surface area contributed by atoms with Crippen molar-refractivity contribution in [1.82, 2.24) is 4.98 Å². The first-order chi connectivity index (χ1) is 7.61. The van der Waals surface area contributed by atoms with Gasteiger partial charge in [-0.2, -0.15) is 0 Å². The van der Waals surface area contributed by atoms with Gasteiger partial charge in [-0.15, -0.1) is 0 Å². The number of carbonyl (C=O) groups excluding carboxylic acids is 1. The number of rotatable bonds is 2. The summed E-state index contributed by atoms with van der Waals surface area (Å²) in [7, 11) is 0. The fourth-order valence-corrected chi connectivity index (χ4v) is 2.87. The van der Waals surface area contributed by atoms with Crippen LogP contribution in [0.2, 0.25) is 0 Å². The Bertz CT molecular complexity index is 373. The van der Waals surface area contributed by atoms with Gasteiger partial charge >= 0.3 is 0 Å². The smallest absolute Gasteiger partial charge is 0.185 e. The van der Waals surface area contributed by atoms with Crippen LogP contribution in [0.4, 0.5) is 5.13 Å². The second-order valence-electron chi connectivity index (χ2n) is 5.17. The maximum absolute atomic E-state index is 10.6. The summed E-state index contributed by atoms with van der Waals surface area (Å²) in [5.41, 5.74) is 0.444. The van der Waals surface area contributed by atoms with Crippen molar-refractivity contribution in [2.45, 2.75) is 33.1 Å². The Morgan fingerprint density at radius 3 is 2.94 bits per heavy atom. The molecule has 0 saturated carbocycles. The van der Waals surface area contributed by atoms with E-state index in [2.05, 4.69) is 23.7 Å². The number of aromatic nitrogens is 1. The summed E-state index contributed by atoms with van der Waals surface area (Å²) >= 11 is 1.50. The molecule has 1 fully saturated rings. The van der Waals surface area contributed by atoms with E-state index in [1.807, 2.05) is 0 Å². The molecule has 3 nitrogen and oxygen atoms in total. The summed E-state index contributed by atoms with van der Waals surface area (Å²) in [4.78, 5) is 18.0. The van der Waals surface area contributed by atoms with Crippen molar-refractivity contribution in [2.24, 2.45) is 5.41 Å². The van der Waals surface area contributed by atoms with E-state index < -0.39 is 0 Å². The lowest BCUT2D eigenvalue weighted by atomic mass is 9.85. The van der Waals surface area contributed by atoms with E-state index in [1.165, 1.54) is 30.6 Å². The second-order valence-corrected chi connectivity index (χ2v) is 6.21. The summed E-state index contributed by atoms with van der Waals surface area (Å²) < 4.78 is 0. The maximum Gasteiger partial charge on any atom is 0.185 e. The van der Waals surface area contributed by atoms with Gasteiger partial charge in [0.1, 0.15) is 0 Å². The third-order valence-corrected chi connectivity index (χ3v) is 4.22. The fraction of sp³-hybridized carbons (Fsp3) is 0.667. The monoisotopic (exact) mass is 238 g/mol. The lowest BCUT2D eigenvalue weighted by Gasteiger charge is -2.22. The summed E-state index contributed by atoms with van der Waals surface area (Å²) in [6.07, 6.45) is 6.23. The quantitative estimate of drug-likeness (QED) is 0.743. The van der Waals surface area contributed by atoms with Crippen molar-refractivity contribution in [3.63, 3.8) is 0 Å². The Hall–Kier alpha value is -0.900. The van der Waals surface area contributed by atoms with Crippen LogP contribution in [-0.2, 0) is 0 Å². The lowest BCUT2D eigenvalue weighted by Crippen LogP contribution is -2.24. The Labute approximate surface area is 100 Å². The Morgan fingerprint density at radius 1 is 1.44 bits per heavy atom. The van der Waals surface area contributed by atoms with Crippen molar-refractivity contribution >= 4 is 22.8 Å². The molecule has 88 valence electrons. The molecular weight excluding hydrogens is 220 g/mol. The average molecular weight is 238 g/mol. The number of aldehydes is 1. The molecule has 1 saturated heterocycles. The van der Waals surface area contributed by atoms with Crippen LogP contribution in [0.1, 0.15) is 42.8 Å². The van der Waals surface area contributed by atoms with E-state index in [0.717, 1.165) is 29.4 Å². The molecule has 0 radical (unpaired) electrons. The van der Waals surface area contributed by atoms with E-state index in [-0.39, 0.29) is 0 Å². The standard InChI is InChI=1S/C12H18N2OS/c1-12(2)4-3-6-14(7-5-12)11-13-8-10(9-15)16-11/h8-9H,3-7H2,1-2H3. The molecule has 1 aromatic heterocycles. The molecule has 0 spiro atoms. The van der Waals surface area contributed by atoms with Crippen molar-refractivity contribution < 1.29 is 4.79 Å². The zero-order chi connectivity index (χ0) is 11.6. The molecule has 16 heavy (non-hydrogen) atoms. The molecule has 1 aliphatic heterocycles. The lowest BCUT2D eigenvalue weighted by molar-refractivity contribution is 0.112. The summed E-state index contributed by atoms with van der Waals surface area (Å²) in [5, 5.41) is 1.000. The molecule has 2 heterocycles. The normalized spacial score (nSPS) is 20.5. The molecule has 1 aliphatic rings. The number of hydrogen-bond acceptors (Lipinski definition) is 4. The fourth-order valence-electron chi connectivity index (χ4n) is 2.09. The zero-order valence-electron chi connectivity index (χ0n) is 9.90. The third-order valence-electron chi connectivity index (χ3n) is 3.24. The molecule has 0 N–H and O–H groups in total. The predicted molar refractivity (Wildman–Crippen MR) is 67.3 cm³/mol. The van der Waals surface area contributed by atoms with Gasteiger partial charge in [0, 0.05) is 13.1 Å². The van der Waals surface area contributed by atoms with Crippen LogP contribution in [0.3, 0.4) is 0 Å². The van der Waals surface area contributed by atoms with Crippen LogP contribution in [0.15, 0.2) is 6.20 Å². The number of nitrogens with zero attached hydrogens (tertiary/aromatic N) is 2. The highest BCUT2D eigenvalue weighted by molar-refractivity contribution is 7.17. The van der Waals surface area contributed by atoms with Crippen LogP contribution < -0.4 is 4.90 Å². The van der Waals surface area contributed by atoms with Gasteiger partial charge in [0.25, 0.3) is 0 Å². The maximum atomic E-state index is 10.6. The van der Waals surface area contributed by atoms with E-state index in [0.29, 0.717) is 5.41 Å². The molecule has 4 heteroatoms. The molecule has 0 aromatic carbocycles. The highest BCUT2D eigenvalue weighted by atomic mass is 32.1. The molecule has 2 rings (SSSR count). The minimum absolute atomic E-state index is 0.444. The van der Waals surface area contributed by atoms with Crippen LogP contribution in [0.25, 0.3) is 0 Å². The van der Waals surface area contributed by atoms with E-state index in [1.54, 1.807) is 6.20 Å². The van der Waals surface area contributed by atoms with Crippen molar-refractivity contribution in [1.29, 1.82) is 0 Å². The molecular formula is C12H18N2OS. The molecule has 0 bridgehead atoms. The first-order valence-corrected chi connectivity index (χ1v) is 6.58. The molecule has 1 aromatic rings. The number of thiazole rings is 1. The van der Waals surface area contributed by atoms with Crippen molar-refractivity contribution in [2.75, 3.05) is 18.0 Å². The Kier molecular flexibility index (Phi) is 3.28. The van der Waals surface area contributed by atoms with E-state index in [4.69, 9.17) is 0 Å². The van der Waals surface area contributed by atoms with Crippen LogP contribution in [-0.4, -0.2) is 24.4 Å². The SMILES string of the molecule is CC1(C)CCCN(c2ncc(C=O)s2)CC1. The summed E-state index contributed by atoms with van der Waals surface area (Å²) in [6.45, 7) is 6.78. The van der Waals surface area contributed by atoms with Gasteiger partial charge in [0.15, 0.2) is 11.4 Å². The summed E-state index contributed by atoms with van der Waals surface area (Å²) in [6, 6.07) is 0. The first kappa shape index (κ1) is 11.6. The van der Waals surface area contributed by atoms with Crippen LogP contribution in [0, 0.1) is 5.41 Å². The minimum Gasteiger partial charge on any atom is -0.348 e. The topological polar surface area (TPSA) is 33.2 Å². The molecule has 0 unspecified atom stereocenters. The second kappa shape index (κ2) is 4.53. The summed E-state index contributed by atoms with van der Waals surface area (Å²) in [5.74, 6) is 0. The Morgan fingerprint density at radius 2 is 2.25 bits per heavy atom. The van der Waals surface area contributed by atoms with E-state index >= 15 is 0 Å². The molecule has 0 amide bonds. The van der Waals surface area contributed by atoms with Gasteiger partial charge in [-0.05, 0) is 24.7 Å². The van der Waals surface area contributed by atoms with Gasteiger partial charge in [0.05, 0.1) is 11.1 Å². The highest BCUT2D eigenvalue weighted by Crippen LogP contribution is 2.32. The van der Waals surface area contributed by atoms with Gasteiger partial charge in [-0.1, -0.05) is 25.2 Å². The van der Waals surface area contributed by atoms with Crippen molar-refractivity contribution in [3.05, 3.63) is 11.1 Å². The van der Waals surface area contributed by atoms with E-state index in [9.17, 15) is 4.79 Å². The number of anilines is 1. The average Bonchev–Trinajstić information content (AvgIpc) is 2.64. The first-order valence-electron chi connectivity index (χ1n) is 5.77. The van der Waals surface area contributed by atoms with Crippen molar-refractivity contribution in [3.8, 4) is 0 Å². The van der Waals surface area contributed by atoms with Crippen LogP contribution in [0.5, 0.6) is 0 Å². The molecule has 0 aliphatic carbocycles. The number of hydrogen-bond donors (Lipinski definition) is 0. The highest BCUT2D eigenvalue weighted by Gasteiger charge is 2.24. The minimum atomic E-state index is 0.444. The predicted octanol–water partition coefficient (Wildman–Crippen LogP) is 2.97.